The predicted molar refractivity (Wildman–Crippen MR) is 246 cm³/mol. The number of nitrogens with zero attached hydrogens (tertiary/aromatic N) is 6. The van der Waals surface area contributed by atoms with Gasteiger partial charge in [-0.15, -0.1) is 0 Å². The topological polar surface area (TPSA) is 60.9 Å². The average Bonchev–Trinajstić information content (AvgIpc) is 3.84. The molecule has 0 bridgehead atoms. The van der Waals surface area contributed by atoms with E-state index in [1.54, 1.807) is 0 Å². The third kappa shape index (κ3) is 4.88. The van der Waals surface area contributed by atoms with Crippen LogP contribution in [-0.4, -0.2) is 28.9 Å². The monoisotopic (exact) mass is 764 g/mol. The molecule has 0 saturated heterocycles. The van der Waals surface area contributed by atoms with Crippen LogP contribution in [0.3, 0.4) is 0 Å². The molecule has 60 heavy (non-hydrogen) atoms. The van der Waals surface area contributed by atoms with Crippen molar-refractivity contribution in [3.8, 4) is 51.2 Å². The molecule has 0 N–H and O–H groups in total. The molecule has 6 heteroatoms. The Bertz CT molecular complexity index is 3730. The Morgan fingerprint density at radius 2 is 0.883 bits per heavy atom. The van der Waals surface area contributed by atoms with Crippen LogP contribution in [0.15, 0.2) is 194 Å². The van der Waals surface area contributed by atoms with E-state index >= 15 is 0 Å². The van der Waals surface area contributed by atoms with Crippen LogP contribution in [0, 0.1) is 0 Å². The fourth-order valence-corrected chi connectivity index (χ4v) is 9.30. The molecule has 4 aromatic heterocycles. The normalized spacial score (nSPS) is 12.0. The van der Waals surface area contributed by atoms with Crippen molar-refractivity contribution in [3.63, 3.8) is 0 Å². The van der Waals surface area contributed by atoms with Gasteiger partial charge in [-0.05, 0) is 87.6 Å². The Kier molecular flexibility index (Phi) is 6.91. The molecule has 278 valence electrons. The average molecular weight is 765 g/mol. The van der Waals surface area contributed by atoms with Gasteiger partial charge in [-0.3, -0.25) is 4.40 Å². The van der Waals surface area contributed by atoms with Crippen LogP contribution in [0.2, 0.25) is 0 Å². The maximum Gasteiger partial charge on any atom is 0.164 e. The van der Waals surface area contributed by atoms with E-state index in [0.717, 1.165) is 72.1 Å². The number of benzene rings is 9. The first-order valence-electron chi connectivity index (χ1n) is 20.2. The maximum absolute atomic E-state index is 5.29. The molecule has 0 unspecified atom stereocenters. The Morgan fingerprint density at radius 3 is 1.58 bits per heavy atom. The van der Waals surface area contributed by atoms with Crippen molar-refractivity contribution >= 4 is 70.7 Å². The minimum Gasteiger partial charge on any atom is -0.309 e. The van der Waals surface area contributed by atoms with E-state index in [-0.39, 0.29) is 0 Å². The van der Waals surface area contributed by atoms with Crippen LogP contribution in [0.25, 0.3) is 122 Å². The highest BCUT2D eigenvalue weighted by molar-refractivity contribution is 6.30. The molecule has 13 rings (SSSR count). The van der Waals surface area contributed by atoms with Crippen molar-refractivity contribution in [1.82, 2.24) is 28.9 Å². The maximum atomic E-state index is 5.29. The Balaban J connectivity index is 1.01. The van der Waals surface area contributed by atoms with Gasteiger partial charge < -0.3 is 4.57 Å². The summed E-state index contributed by atoms with van der Waals surface area (Å²) in [6, 6.07) is 68.5. The molecule has 0 amide bonds. The molecule has 0 aliphatic carbocycles. The zero-order valence-corrected chi connectivity index (χ0v) is 32.2. The van der Waals surface area contributed by atoms with Crippen molar-refractivity contribution in [2.24, 2.45) is 0 Å². The van der Waals surface area contributed by atoms with E-state index < -0.39 is 0 Å². The number of fused-ring (bicyclic) bond motifs is 5. The molecule has 0 saturated carbocycles. The van der Waals surface area contributed by atoms with Gasteiger partial charge in [-0.1, -0.05) is 133 Å². The summed E-state index contributed by atoms with van der Waals surface area (Å²) in [5.41, 5.74) is 10.4. The fourth-order valence-electron chi connectivity index (χ4n) is 9.30. The first kappa shape index (κ1) is 32.8. The van der Waals surface area contributed by atoms with E-state index in [0.29, 0.717) is 17.5 Å². The van der Waals surface area contributed by atoms with Crippen molar-refractivity contribution < 1.29 is 0 Å². The summed E-state index contributed by atoms with van der Waals surface area (Å²) in [6.07, 6.45) is 0. The minimum atomic E-state index is 0.623. The van der Waals surface area contributed by atoms with E-state index in [9.17, 15) is 0 Å². The third-order valence-corrected chi connectivity index (χ3v) is 12.1. The lowest BCUT2D eigenvalue weighted by atomic mass is 10.1. The van der Waals surface area contributed by atoms with Crippen molar-refractivity contribution in [2.75, 3.05) is 0 Å². The summed E-state index contributed by atoms with van der Waals surface area (Å²) in [5, 5.41) is 9.46. The van der Waals surface area contributed by atoms with Crippen molar-refractivity contribution in [2.45, 2.75) is 0 Å². The van der Waals surface area contributed by atoms with Crippen LogP contribution in [0.1, 0.15) is 0 Å². The van der Waals surface area contributed by atoms with E-state index in [1.165, 1.54) is 32.3 Å². The Morgan fingerprint density at radius 1 is 0.333 bits per heavy atom. The molecule has 0 fully saturated rings. The highest BCUT2D eigenvalue weighted by atomic mass is 15.1. The predicted octanol–water partition coefficient (Wildman–Crippen LogP) is 13.3. The van der Waals surface area contributed by atoms with E-state index in [4.69, 9.17) is 19.9 Å². The van der Waals surface area contributed by atoms with Crippen LogP contribution in [0.4, 0.5) is 0 Å². The second-order valence-corrected chi connectivity index (χ2v) is 15.5. The van der Waals surface area contributed by atoms with Gasteiger partial charge >= 0.3 is 0 Å². The molecule has 0 radical (unpaired) electrons. The lowest BCUT2D eigenvalue weighted by molar-refractivity contribution is 1.07. The fraction of sp³-hybridized carbons (Fsp3) is 0. The minimum absolute atomic E-state index is 0.623. The lowest BCUT2D eigenvalue weighted by Crippen LogP contribution is -2.01. The summed E-state index contributed by atoms with van der Waals surface area (Å²) in [4.78, 5) is 20.6. The van der Waals surface area contributed by atoms with Crippen LogP contribution < -0.4 is 0 Å². The molecular formula is C54H32N6. The van der Waals surface area contributed by atoms with Gasteiger partial charge in [-0.2, -0.15) is 0 Å². The number of hydrogen-bond acceptors (Lipinski definition) is 4. The van der Waals surface area contributed by atoms with Gasteiger partial charge in [0.2, 0.25) is 0 Å². The number of rotatable bonds is 5. The van der Waals surface area contributed by atoms with Crippen LogP contribution in [0.5, 0.6) is 0 Å². The molecule has 0 spiro atoms. The number of para-hydroxylation sites is 1. The van der Waals surface area contributed by atoms with Gasteiger partial charge in [0, 0.05) is 44.1 Å². The van der Waals surface area contributed by atoms with Gasteiger partial charge in [0.15, 0.2) is 17.5 Å². The first-order chi connectivity index (χ1) is 29.7. The van der Waals surface area contributed by atoms with Gasteiger partial charge in [0.1, 0.15) is 5.82 Å². The van der Waals surface area contributed by atoms with Gasteiger partial charge in [0.25, 0.3) is 0 Å². The zero-order chi connectivity index (χ0) is 39.3. The largest absolute Gasteiger partial charge is 0.309 e. The van der Waals surface area contributed by atoms with Crippen LogP contribution >= 0.6 is 0 Å². The Hall–Kier alpha value is -8.22. The Labute approximate surface area is 343 Å². The third-order valence-electron chi connectivity index (χ3n) is 12.1. The SMILES string of the molecule is c1ccc(-c2nc3ccc4c5c6c(cccc6n4-c4ccc(-c6nc(-c7ccc8ccccc8c7)nc(-c7ccc8ccccc8c7)n6)cc4)c4ccccc4n2c35)cc1. The number of hydrogen-bond donors (Lipinski definition) is 0. The smallest absolute Gasteiger partial charge is 0.164 e. The molecule has 0 aliphatic rings. The van der Waals surface area contributed by atoms with Crippen LogP contribution in [-0.2, 0) is 0 Å². The molecule has 6 nitrogen and oxygen atoms in total. The lowest BCUT2D eigenvalue weighted by Gasteiger charge is -2.12. The summed E-state index contributed by atoms with van der Waals surface area (Å²) in [5.74, 6) is 2.83. The number of aromatic nitrogens is 6. The summed E-state index contributed by atoms with van der Waals surface area (Å²) in [7, 11) is 0. The van der Waals surface area contributed by atoms with E-state index in [2.05, 4.69) is 203 Å². The highest BCUT2D eigenvalue weighted by Gasteiger charge is 2.24. The molecule has 13 aromatic rings. The first-order valence-corrected chi connectivity index (χ1v) is 20.2. The van der Waals surface area contributed by atoms with E-state index in [1.807, 2.05) is 0 Å². The molecule has 4 heterocycles. The summed E-state index contributed by atoms with van der Waals surface area (Å²) < 4.78 is 4.76. The quantitative estimate of drug-likeness (QED) is 0.175. The summed E-state index contributed by atoms with van der Waals surface area (Å²) in [6.45, 7) is 0. The second kappa shape index (κ2) is 12.6. The highest BCUT2D eigenvalue weighted by Crippen LogP contribution is 2.44. The zero-order valence-electron chi connectivity index (χ0n) is 32.2. The standard InChI is InChI=1S/C54H32N6/c1-2-13-36(14-3-1)54-55-44-29-30-47-49-48-43(42-17-8-9-19-45(42)60(54)50(44)49)18-10-20-46(48)59(47)41-27-25-35(26-28-41)51-56-52(39-23-21-33-11-4-6-15-37(33)31-39)58-53(57-51)40-24-22-34-12-5-7-16-38(34)32-40/h1-32H. The molecule has 9 aromatic carbocycles. The van der Waals surface area contributed by atoms with Gasteiger partial charge in [-0.25, -0.2) is 19.9 Å². The second-order valence-electron chi connectivity index (χ2n) is 15.5. The van der Waals surface area contributed by atoms with Crippen molar-refractivity contribution in [3.05, 3.63) is 194 Å². The molecule has 0 aliphatic heterocycles. The number of imidazole rings is 1. The van der Waals surface area contributed by atoms with Crippen molar-refractivity contribution in [1.29, 1.82) is 0 Å². The molecular weight excluding hydrogens is 733 g/mol. The molecule has 0 atom stereocenters. The van der Waals surface area contributed by atoms with Gasteiger partial charge in [0.05, 0.1) is 27.6 Å². The summed E-state index contributed by atoms with van der Waals surface area (Å²) >= 11 is 0.